The molecule has 254 valence electrons. The topological polar surface area (TPSA) is 202 Å². The lowest BCUT2D eigenvalue weighted by atomic mass is 9.84. The lowest BCUT2D eigenvalue weighted by Crippen LogP contribution is -2.63. The number of nitrogens with zero attached hydrogens (tertiary/aromatic N) is 5. The summed E-state index contributed by atoms with van der Waals surface area (Å²) < 4.78 is 1.53. The van der Waals surface area contributed by atoms with Gasteiger partial charge in [-0.25, -0.2) is 4.68 Å². The number of hydrogen-bond acceptors (Lipinski definition) is 10. The monoisotopic (exact) mass is 668 g/mol. The summed E-state index contributed by atoms with van der Waals surface area (Å²) in [4.78, 5) is 72.9. The number of hydrogen-bond donors (Lipinski definition) is 4. The van der Waals surface area contributed by atoms with Crippen LogP contribution in [-0.4, -0.2) is 95.1 Å². The first-order valence-corrected chi connectivity index (χ1v) is 17.4. The average molecular weight is 669 g/mol. The van der Waals surface area contributed by atoms with Gasteiger partial charge in [-0.05, 0) is 62.7 Å². The second-order valence-corrected chi connectivity index (χ2v) is 14.6. The van der Waals surface area contributed by atoms with Crippen molar-refractivity contribution in [3.8, 4) is 0 Å². The summed E-state index contributed by atoms with van der Waals surface area (Å²) in [5.74, 6) is -2.23. The smallest absolute Gasteiger partial charge is 0.287 e. The predicted octanol–water partition coefficient (Wildman–Crippen LogP) is 1.25. The van der Waals surface area contributed by atoms with Gasteiger partial charge in [0.15, 0.2) is 0 Å². The number of thioether (sulfide) groups is 1. The molecule has 3 aliphatic rings. The van der Waals surface area contributed by atoms with E-state index in [0.717, 1.165) is 32.1 Å². The van der Waals surface area contributed by atoms with E-state index in [4.69, 9.17) is 5.73 Å². The zero-order valence-electron chi connectivity index (χ0n) is 26.9. The summed E-state index contributed by atoms with van der Waals surface area (Å²) in [6.07, 6.45) is 8.96. The number of carbonyl (C=O) groups is 5. The van der Waals surface area contributed by atoms with Crippen LogP contribution in [0.15, 0.2) is 30.6 Å². The van der Waals surface area contributed by atoms with Crippen molar-refractivity contribution < 1.29 is 29.1 Å². The van der Waals surface area contributed by atoms with Crippen molar-refractivity contribution in [2.24, 2.45) is 11.7 Å². The fourth-order valence-electron chi connectivity index (χ4n) is 7.03. The van der Waals surface area contributed by atoms with Crippen molar-refractivity contribution in [1.29, 1.82) is 0 Å². The Hall–Kier alpha value is -3.85. The first kappa shape index (κ1) is 34.5. The fraction of sp³-hybridized carbons (Fsp3) is 0.625. The molecule has 0 aromatic carbocycles. The standard InChI is InChI=1S/C32H44N8O6S/c1-31(2,46)25-18-35-38-40(25)21-17-24(29(44)37-32(26(41)27(33)42)11-14-47-15-12-32)39(19-21)30(45)23(16-20-8-4-3-5-9-20)36-28(43)22-10-6-7-13-34-22/h6-7,10,13,18,20-21,23-24,46H,3-5,8-9,11-12,14-17,19H2,1-2H3,(H2,33,42)(H,36,43)(H,37,44)/t21-,23+,24-/m0/s1. The number of likely N-dealkylation sites (tertiary alicyclic amines) is 1. The Labute approximate surface area is 278 Å². The van der Waals surface area contributed by atoms with E-state index in [1.807, 2.05) is 0 Å². The van der Waals surface area contributed by atoms with Gasteiger partial charge in [0, 0.05) is 19.2 Å². The largest absolute Gasteiger partial charge is 0.384 e. The highest BCUT2D eigenvalue weighted by atomic mass is 32.2. The molecule has 4 heterocycles. The maximum absolute atomic E-state index is 14.6. The molecule has 0 radical (unpaired) electrons. The number of aliphatic hydroxyl groups is 1. The number of nitrogens with two attached hydrogens (primary N) is 1. The second-order valence-electron chi connectivity index (χ2n) is 13.4. The molecule has 0 unspecified atom stereocenters. The van der Waals surface area contributed by atoms with Crippen LogP contribution in [0.1, 0.15) is 93.9 Å². The quantitative estimate of drug-likeness (QED) is 0.252. The minimum atomic E-state index is -1.47. The van der Waals surface area contributed by atoms with Gasteiger partial charge in [0.25, 0.3) is 11.8 Å². The average Bonchev–Trinajstić information content (AvgIpc) is 3.73. The number of rotatable bonds is 11. The highest BCUT2D eigenvalue weighted by molar-refractivity contribution is 7.99. The third-order valence-electron chi connectivity index (χ3n) is 9.57. The number of amides is 4. The van der Waals surface area contributed by atoms with Crippen LogP contribution in [-0.2, 0) is 24.8 Å². The molecule has 5 rings (SSSR count). The first-order chi connectivity index (χ1) is 22.4. The number of ketones is 1. The Morgan fingerprint density at radius 1 is 1.13 bits per heavy atom. The summed E-state index contributed by atoms with van der Waals surface area (Å²) >= 11 is 1.61. The molecule has 2 aliphatic heterocycles. The van der Waals surface area contributed by atoms with Crippen LogP contribution < -0.4 is 16.4 Å². The van der Waals surface area contributed by atoms with Crippen molar-refractivity contribution in [1.82, 2.24) is 35.5 Å². The minimum absolute atomic E-state index is 0.0383. The van der Waals surface area contributed by atoms with Crippen LogP contribution >= 0.6 is 11.8 Å². The van der Waals surface area contributed by atoms with Crippen molar-refractivity contribution in [3.63, 3.8) is 0 Å². The molecule has 15 heteroatoms. The molecule has 47 heavy (non-hydrogen) atoms. The fourth-order valence-corrected chi connectivity index (χ4v) is 8.22. The number of nitrogens with one attached hydrogen (secondary N) is 2. The second kappa shape index (κ2) is 14.5. The number of carbonyl (C=O) groups excluding carboxylic acids is 5. The number of Topliss-reactive ketones (excluding diaryl/α,β-unsaturated/α-hetero) is 1. The van der Waals surface area contributed by atoms with Crippen LogP contribution in [0.3, 0.4) is 0 Å². The van der Waals surface area contributed by atoms with E-state index in [9.17, 15) is 29.1 Å². The van der Waals surface area contributed by atoms with Gasteiger partial charge in [0.2, 0.25) is 17.6 Å². The van der Waals surface area contributed by atoms with Gasteiger partial charge in [-0.2, -0.15) is 11.8 Å². The number of pyridine rings is 1. The third-order valence-corrected chi connectivity index (χ3v) is 10.6. The van der Waals surface area contributed by atoms with E-state index in [1.165, 1.54) is 22.0 Å². The van der Waals surface area contributed by atoms with E-state index < -0.39 is 58.7 Å². The van der Waals surface area contributed by atoms with Crippen molar-refractivity contribution in [2.75, 3.05) is 18.1 Å². The molecular weight excluding hydrogens is 624 g/mol. The van der Waals surface area contributed by atoms with Crippen LogP contribution in [0.4, 0.5) is 0 Å². The van der Waals surface area contributed by atoms with E-state index in [-0.39, 0.29) is 37.4 Å². The molecule has 2 saturated heterocycles. The summed E-state index contributed by atoms with van der Waals surface area (Å²) in [5, 5.41) is 24.8. The number of aromatic nitrogens is 4. The third kappa shape index (κ3) is 7.83. The summed E-state index contributed by atoms with van der Waals surface area (Å²) in [7, 11) is 0. The van der Waals surface area contributed by atoms with E-state index in [1.54, 1.807) is 43.8 Å². The molecule has 0 spiro atoms. The van der Waals surface area contributed by atoms with Crippen LogP contribution in [0, 0.1) is 5.92 Å². The minimum Gasteiger partial charge on any atom is -0.384 e. The molecule has 3 atom stereocenters. The van der Waals surface area contributed by atoms with Gasteiger partial charge < -0.3 is 26.4 Å². The van der Waals surface area contributed by atoms with E-state index in [2.05, 4.69) is 25.9 Å². The predicted molar refractivity (Wildman–Crippen MR) is 173 cm³/mol. The molecule has 2 aromatic heterocycles. The van der Waals surface area contributed by atoms with Gasteiger partial charge >= 0.3 is 0 Å². The lowest BCUT2D eigenvalue weighted by Gasteiger charge is -2.37. The molecule has 14 nitrogen and oxygen atoms in total. The van der Waals surface area contributed by atoms with Gasteiger partial charge in [-0.3, -0.25) is 29.0 Å². The zero-order valence-corrected chi connectivity index (χ0v) is 27.7. The summed E-state index contributed by atoms with van der Waals surface area (Å²) in [6, 6.07) is 2.39. The van der Waals surface area contributed by atoms with Crippen molar-refractivity contribution in [2.45, 2.75) is 101 Å². The Bertz CT molecular complexity index is 1470. The van der Waals surface area contributed by atoms with E-state index >= 15 is 0 Å². The molecule has 4 amide bonds. The molecule has 3 fully saturated rings. The van der Waals surface area contributed by atoms with Crippen LogP contribution in [0.25, 0.3) is 0 Å². The Morgan fingerprint density at radius 2 is 1.85 bits per heavy atom. The normalized spacial score (nSPS) is 22.3. The maximum atomic E-state index is 14.6. The zero-order chi connectivity index (χ0) is 33.8. The van der Waals surface area contributed by atoms with Gasteiger partial charge in [-0.1, -0.05) is 43.4 Å². The van der Waals surface area contributed by atoms with Gasteiger partial charge in [0.05, 0.1) is 17.9 Å². The highest BCUT2D eigenvalue weighted by Gasteiger charge is 2.49. The van der Waals surface area contributed by atoms with Gasteiger partial charge in [-0.15, -0.1) is 5.10 Å². The summed E-state index contributed by atoms with van der Waals surface area (Å²) in [5.41, 5.74) is 3.22. The molecule has 5 N–H and O–H groups in total. The Kier molecular flexibility index (Phi) is 10.6. The van der Waals surface area contributed by atoms with Gasteiger partial charge in [0.1, 0.15) is 28.9 Å². The van der Waals surface area contributed by atoms with Crippen LogP contribution in [0.5, 0.6) is 0 Å². The molecule has 0 bridgehead atoms. The Balaban J connectivity index is 1.48. The SMILES string of the molecule is CC(C)(O)c1cnnn1[C@H]1C[C@@H](C(=O)NC2(C(=O)C(N)=O)CCSCC2)N(C(=O)[C@@H](CC2CCCCC2)NC(=O)c2ccccn2)C1. The highest BCUT2D eigenvalue weighted by Crippen LogP contribution is 2.35. The van der Waals surface area contributed by atoms with Crippen molar-refractivity contribution >= 4 is 41.2 Å². The Morgan fingerprint density at radius 3 is 2.49 bits per heavy atom. The number of primary amides is 1. The molecular formula is C32H44N8O6S. The molecule has 1 saturated carbocycles. The lowest BCUT2D eigenvalue weighted by molar-refractivity contribution is -0.145. The van der Waals surface area contributed by atoms with E-state index in [0.29, 0.717) is 23.6 Å². The summed E-state index contributed by atoms with van der Waals surface area (Å²) in [6.45, 7) is 3.23. The maximum Gasteiger partial charge on any atom is 0.287 e. The molecule has 2 aromatic rings. The van der Waals surface area contributed by atoms with Crippen LogP contribution in [0.2, 0.25) is 0 Å². The molecule has 1 aliphatic carbocycles. The first-order valence-electron chi connectivity index (χ1n) is 16.3. The van der Waals surface area contributed by atoms with Crippen molar-refractivity contribution in [3.05, 3.63) is 42.0 Å².